The minimum absolute atomic E-state index is 0.0671. The van der Waals surface area contributed by atoms with Crippen LogP contribution in [0.15, 0.2) is 0 Å². The first-order valence-electron chi connectivity index (χ1n) is 2.95. The zero-order chi connectivity index (χ0) is 7.94. The topological polar surface area (TPSA) is 34.1 Å². The number of alkyl halides is 2. The standard InChI is InChI=1S/C5H8Br2O2S/c1-3-5(7)4(6)2-10(3,8)9/h3-5H,2H2,1H3/t3-,4+,5+/m0/s1. The molecular weight excluding hydrogens is 284 g/mol. The summed E-state index contributed by atoms with van der Waals surface area (Å²) in [6.45, 7) is 1.73. The van der Waals surface area contributed by atoms with E-state index >= 15 is 0 Å². The molecule has 0 saturated carbocycles. The third-order valence-corrected chi connectivity index (χ3v) is 7.81. The molecule has 0 N–H and O–H groups in total. The maximum atomic E-state index is 11.1. The maximum absolute atomic E-state index is 11.1. The molecule has 3 atom stereocenters. The highest BCUT2D eigenvalue weighted by atomic mass is 79.9. The van der Waals surface area contributed by atoms with Crippen LogP contribution in [0.2, 0.25) is 0 Å². The fourth-order valence-corrected chi connectivity index (χ4v) is 5.68. The summed E-state index contributed by atoms with van der Waals surface area (Å²) < 4.78 is 22.2. The van der Waals surface area contributed by atoms with Crippen LogP contribution in [0.1, 0.15) is 6.92 Å². The summed E-state index contributed by atoms with van der Waals surface area (Å²) in [5.74, 6) is 0.254. The zero-order valence-electron chi connectivity index (χ0n) is 5.42. The van der Waals surface area contributed by atoms with Crippen LogP contribution in [0.4, 0.5) is 0 Å². The molecule has 10 heavy (non-hydrogen) atoms. The minimum Gasteiger partial charge on any atom is -0.228 e. The second-order valence-electron chi connectivity index (χ2n) is 2.50. The molecule has 1 aliphatic heterocycles. The Morgan fingerprint density at radius 3 is 2.00 bits per heavy atom. The van der Waals surface area contributed by atoms with Gasteiger partial charge in [0.2, 0.25) is 0 Å². The number of halogens is 2. The van der Waals surface area contributed by atoms with Gasteiger partial charge in [0.25, 0.3) is 0 Å². The van der Waals surface area contributed by atoms with Gasteiger partial charge in [-0.1, -0.05) is 31.9 Å². The molecule has 0 aromatic rings. The Bertz CT molecular complexity index is 224. The Kier molecular flexibility index (Phi) is 2.48. The fraction of sp³-hybridized carbons (Fsp3) is 1.00. The lowest BCUT2D eigenvalue weighted by Gasteiger charge is -2.06. The minimum atomic E-state index is -2.82. The summed E-state index contributed by atoms with van der Waals surface area (Å²) in [5.41, 5.74) is 0. The Hall–Kier alpha value is 0.910. The quantitative estimate of drug-likeness (QED) is 0.631. The largest absolute Gasteiger partial charge is 0.228 e. The van der Waals surface area contributed by atoms with E-state index in [4.69, 9.17) is 0 Å². The van der Waals surface area contributed by atoms with E-state index in [0.717, 1.165) is 0 Å². The molecule has 1 saturated heterocycles. The highest BCUT2D eigenvalue weighted by Crippen LogP contribution is 2.31. The Labute approximate surface area is 77.6 Å². The van der Waals surface area contributed by atoms with Crippen LogP contribution in [0.3, 0.4) is 0 Å². The van der Waals surface area contributed by atoms with Crippen molar-refractivity contribution in [1.29, 1.82) is 0 Å². The van der Waals surface area contributed by atoms with Gasteiger partial charge in [-0.3, -0.25) is 0 Å². The van der Waals surface area contributed by atoms with Gasteiger partial charge in [-0.2, -0.15) is 0 Å². The summed E-state index contributed by atoms with van der Waals surface area (Å²) >= 11 is 6.61. The second-order valence-corrected chi connectivity index (χ2v) is 7.13. The summed E-state index contributed by atoms with van der Waals surface area (Å²) in [4.78, 5) is 0.144. The number of hydrogen-bond acceptors (Lipinski definition) is 2. The highest BCUT2D eigenvalue weighted by molar-refractivity contribution is 9.12. The van der Waals surface area contributed by atoms with Gasteiger partial charge in [0.05, 0.1) is 11.0 Å². The van der Waals surface area contributed by atoms with Crippen LogP contribution < -0.4 is 0 Å². The molecule has 0 aromatic carbocycles. The van der Waals surface area contributed by atoms with Crippen molar-refractivity contribution in [2.24, 2.45) is 0 Å². The van der Waals surface area contributed by atoms with E-state index in [9.17, 15) is 8.42 Å². The third kappa shape index (κ3) is 1.41. The fourth-order valence-electron chi connectivity index (χ4n) is 0.958. The van der Waals surface area contributed by atoms with Crippen molar-refractivity contribution >= 4 is 41.7 Å². The monoisotopic (exact) mass is 290 g/mol. The van der Waals surface area contributed by atoms with Gasteiger partial charge >= 0.3 is 0 Å². The van der Waals surface area contributed by atoms with Crippen LogP contribution in [0, 0.1) is 0 Å². The van der Waals surface area contributed by atoms with Gasteiger partial charge in [-0.05, 0) is 6.92 Å². The van der Waals surface area contributed by atoms with Gasteiger partial charge in [0.15, 0.2) is 9.84 Å². The first-order chi connectivity index (χ1) is 4.45. The normalized spacial score (nSPS) is 45.7. The van der Waals surface area contributed by atoms with Gasteiger partial charge < -0.3 is 0 Å². The van der Waals surface area contributed by atoms with Crippen LogP contribution in [0.25, 0.3) is 0 Å². The molecule has 1 rings (SSSR count). The molecule has 5 heteroatoms. The first-order valence-corrected chi connectivity index (χ1v) is 6.49. The van der Waals surface area contributed by atoms with E-state index in [-0.39, 0.29) is 20.7 Å². The molecule has 60 valence electrons. The summed E-state index contributed by atoms with van der Waals surface area (Å²) in [6, 6.07) is 0. The van der Waals surface area contributed by atoms with Gasteiger partial charge in [-0.15, -0.1) is 0 Å². The van der Waals surface area contributed by atoms with Gasteiger partial charge in [0, 0.05) is 9.65 Å². The van der Waals surface area contributed by atoms with Crippen LogP contribution in [-0.2, 0) is 9.84 Å². The average Bonchev–Trinajstić information content (AvgIpc) is 1.95. The molecule has 0 bridgehead atoms. The lowest BCUT2D eigenvalue weighted by atomic mass is 10.3. The summed E-state index contributed by atoms with van der Waals surface area (Å²) in [7, 11) is -2.82. The first kappa shape index (κ1) is 9.00. The molecule has 1 aliphatic rings. The Morgan fingerprint density at radius 2 is 1.90 bits per heavy atom. The molecule has 0 radical (unpaired) electrons. The van der Waals surface area contributed by atoms with Crippen molar-refractivity contribution in [1.82, 2.24) is 0 Å². The van der Waals surface area contributed by atoms with Crippen LogP contribution in [-0.4, -0.2) is 29.1 Å². The zero-order valence-corrected chi connectivity index (χ0v) is 9.41. The lowest BCUT2D eigenvalue weighted by molar-refractivity contribution is 0.594. The van der Waals surface area contributed by atoms with E-state index in [1.807, 2.05) is 0 Å². The van der Waals surface area contributed by atoms with E-state index in [1.165, 1.54) is 0 Å². The van der Waals surface area contributed by atoms with E-state index in [1.54, 1.807) is 6.92 Å². The summed E-state index contributed by atoms with van der Waals surface area (Å²) in [6.07, 6.45) is 0. The second kappa shape index (κ2) is 2.75. The summed E-state index contributed by atoms with van der Waals surface area (Å²) in [5, 5.41) is -0.253. The van der Waals surface area contributed by atoms with Crippen LogP contribution >= 0.6 is 31.9 Å². The van der Waals surface area contributed by atoms with E-state index in [2.05, 4.69) is 31.9 Å². The van der Waals surface area contributed by atoms with Crippen molar-refractivity contribution < 1.29 is 8.42 Å². The van der Waals surface area contributed by atoms with Crippen molar-refractivity contribution in [3.05, 3.63) is 0 Å². The number of hydrogen-bond donors (Lipinski definition) is 0. The Balaban J connectivity index is 2.93. The molecule has 0 spiro atoms. The molecule has 2 nitrogen and oxygen atoms in total. The average molecular weight is 292 g/mol. The third-order valence-electron chi connectivity index (χ3n) is 1.75. The van der Waals surface area contributed by atoms with Crippen molar-refractivity contribution in [2.75, 3.05) is 5.75 Å². The van der Waals surface area contributed by atoms with Crippen LogP contribution in [0.5, 0.6) is 0 Å². The molecule has 0 unspecified atom stereocenters. The van der Waals surface area contributed by atoms with E-state index in [0.29, 0.717) is 0 Å². The van der Waals surface area contributed by atoms with Gasteiger partial charge in [-0.25, -0.2) is 8.42 Å². The predicted octanol–water partition coefficient (Wildman–Crippen LogP) is 1.33. The Morgan fingerprint density at radius 1 is 1.40 bits per heavy atom. The van der Waals surface area contributed by atoms with Crippen molar-refractivity contribution in [3.63, 3.8) is 0 Å². The van der Waals surface area contributed by atoms with Crippen molar-refractivity contribution in [3.8, 4) is 0 Å². The lowest BCUT2D eigenvalue weighted by Crippen LogP contribution is -2.19. The molecule has 1 heterocycles. The van der Waals surface area contributed by atoms with E-state index < -0.39 is 9.84 Å². The predicted molar refractivity (Wildman–Crippen MR) is 48.7 cm³/mol. The number of sulfone groups is 1. The maximum Gasteiger partial charge on any atom is 0.155 e. The smallest absolute Gasteiger partial charge is 0.155 e. The van der Waals surface area contributed by atoms with Gasteiger partial charge in [0.1, 0.15) is 0 Å². The van der Waals surface area contributed by atoms with Crippen molar-refractivity contribution in [2.45, 2.75) is 21.8 Å². The molecule has 1 fully saturated rings. The highest BCUT2D eigenvalue weighted by Gasteiger charge is 2.41. The molecule has 0 aromatic heterocycles. The molecule has 0 amide bonds. The SMILES string of the molecule is C[C@H]1[C@@H](Br)[C@H](Br)CS1(=O)=O. The molecule has 0 aliphatic carbocycles. The number of rotatable bonds is 0. The molecular formula is C5H8Br2O2S.